The van der Waals surface area contributed by atoms with Gasteiger partial charge in [-0.25, -0.2) is 4.98 Å². The van der Waals surface area contributed by atoms with Gasteiger partial charge in [-0.1, -0.05) is 13.8 Å². The van der Waals surface area contributed by atoms with E-state index in [1.54, 1.807) is 0 Å². The Labute approximate surface area is 174 Å². The molecule has 2 bridgehead atoms. The molecule has 1 aromatic heterocycles. The van der Waals surface area contributed by atoms with Crippen LogP contribution in [-0.2, 0) is 21.7 Å². The van der Waals surface area contributed by atoms with Gasteiger partial charge < -0.3 is 20.6 Å². The third-order valence-electron chi connectivity index (χ3n) is 5.81. The molecule has 10 nitrogen and oxygen atoms in total. The third kappa shape index (κ3) is 3.90. The fourth-order valence-corrected chi connectivity index (χ4v) is 4.11. The number of rotatable bonds is 4. The number of aromatic hydroxyl groups is 1. The topological polar surface area (TPSA) is 134 Å². The third-order valence-corrected chi connectivity index (χ3v) is 5.81. The van der Waals surface area contributed by atoms with Crippen molar-refractivity contribution >= 4 is 17.7 Å². The van der Waals surface area contributed by atoms with E-state index in [1.807, 2.05) is 13.8 Å². The van der Waals surface area contributed by atoms with Gasteiger partial charge in [0, 0.05) is 27.2 Å². The predicted molar refractivity (Wildman–Crippen MR) is 108 cm³/mol. The van der Waals surface area contributed by atoms with E-state index in [9.17, 15) is 24.3 Å². The van der Waals surface area contributed by atoms with E-state index < -0.39 is 34.6 Å². The van der Waals surface area contributed by atoms with Gasteiger partial charge >= 0.3 is 11.8 Å². The molecule has 3 N–H and O–H groups in total. The predicted octanol–water partition coefficient (Wildman–Crippen LogP) is -0.0618. The number of nitrogens with zero attached hydrogens (tertiary/aromatic N) is 3. The SMILES string of the molecule is CC(C)CNC(=O)c1nc2n(c(=O)c1O)CC1CCC2(NC(=O)C(=O)N(C)C)CC1. The van der Waals surface area contributed by atoms with Crippen molar-refractivity contribution in [3.05, 3.63) is 21.9 Å². The van der Waals surface area contributed by atoms with Crippen molar-refractivity contribution < 1.29 is 19.5 Å². The summed E-state index contributed by atoms with van der Waals surface area (Å²) < 4.78 is 1.35. The number of likely N-dealkylation sites (N-methyl/N-ethyl adjacent to an activating group) is 1. The molecule has 1 fully saturated rings. The highest BCUT2D eigenvalue weighted by molar-refractivity contribution is 6.35. The number of hydrogen-bond donors (Lipinski definition) is 3. The Balaban J connectivity index is 2.08. The number of carbonyl (C=O) groups is 3. The fourth-order valence-electron chi connectivity index (χ4n) is 4.11. The smallest absolute Gasteiger partial charge is 0.311 e. The van der Waals surface area contributed by atoms with Gasteiger partial charge in [-0.05, 0) is 37.5 Å². The molecule has 0 radical (unpaired) electrons. The van der Waals surface area contributed by atoms with Crippen LogP contribution in [0, 0.1) is 11.8 Å². The van der Waals surface area contributed by atoms with Gasteiger partial charge in [0.25, 0.3) is 11.5 Å². The molecule has 164 valence electrons. The molecule has 4 rings (SSSR count). The first-order valence-corrected chi connectivity index (χ1v) is 10.2. The summed E-state index contributed by atoms with van der Waals surface area (Å²) in [6.07, 6.45) is 2.45. The minimum absolute atomic E-state index is 0.177. The van der Waals surface area contributed by atoms with E-state index in [-0.39, 0.29) is 23.4 Å². The highest BCUT2D eigenvalue weighted by atomic mass is 16.3. The van der Waals surface area contributed by atoms with Gasteiger partial charge in [0.1, 0.15) is 5.82 Å². The van der Waals surface area contributed by atoms with Crippen LogP contribution < -0.4 is 16.2 Å². The fraction of sp³-hybridized carbons (Fsp3) is 0.650. The van der Waals surface area contributed by atoms with Crippen molar-refractivity contribution in [1.82, 2.24) is 25.1 Å². The Kier molecular flexibility index (Phi) is 5.87. The Hall–Kier alpha value is -2.91. The lowest BCUT2D eigenvalue weighted by atomic mass is 9.77. The molecule has 0 saturated heterocycles. The van der Waals surface area contributed by atoms with Gasteiger partial charge in [0.15, 0.2) is 5.69 Å². The molecule has 3 aliphatic rings. The van der Waals surface area contributed by atoms with Crippen LogP contribution in [0.4, 0.5) is 0 Å². The molecule has 0 spiro atoms. The summed E-state index contributed by atoms with van der Waals surface area (Å²) in [7, 11) is 2.96. The number of amides is 3. The molecule has 10 heteroatoms. The van der Waals surface area contributed by atoms with E-state index in [0.29, 0.717) is 25.9 Å². The van der Waals surface area contributed by atoms with Crippen molar-refractivity contribution in [2.45, 2.75) is 51.6 Å². The standard InChI is InChI=1S/C20H29N5O5/c1-11(2)9-21-15(27)13-14(26)17(29)25-10-12-5-7-20(8-6-12,19(25)22-13)23-16(28)18(30)24(3)4/h11-12,26H,5-10H2,1-4H3,(H,21,27)(H,23,28). The maximum Gasteiger partial charge on any atom is 0.311 e. The van der Waals surface area contributed by atoms with Gasteiger partial charge in [-0.15, -0.1) is 0 Å². The summed E-state index contributed by atoms with van der Waals surface area (Å²) in [6.45, 7) is 4.55. The second-order valence-corrected chi connectivity index (χ2v) is 8.83. The molecule has 1 saturated carbocycles. The molecule has 1 aromatic rings. The summed E-state index contributed by atoms with van der Waals surface area (Å²) in [6, 6.07) is 0. The second kappa shape index (κ2) is 8.08. The average molecular weight is 419 g/mol. The Morgan fingerprint density at radius 2 is 1.90 bits per heavy atom. The zero-order chi connectivity index (χ0) is 22.2. The number of hydrogen-bond acceptors (Lipinski definition) is 6. The van der Waals surface area contributed by atoms with Gasteiger partial charge in [-0.3, -0.25) is 23.7 Å². The van der Waals surface area contributed by atoms with E-state index in [2.05, 4.69) is 15.6 Å². The molecular formula is C20H29N5O5. The van der Waals surface area contributed by atoms with Crippen molar-refractivity contribution in [1.29, 1.82) is 0 Å². The van der Waals surface area contributed by atoms with Gasteiger partial charge in [-0.2, -0.15) is 0 Å². The van der Waals surface area contributed by atoms with E-state index in [4.69, 9.17) is 0 Å². The minimum Gasteiger partial charge on any atom is -0.501 e. The van der Waals surface area contributed by atoms with Crippen LogP contribution in [0.1, 0.15) is 55.8 Å². The van der Waals surface area contributed by atoms with Crippen LogP contribution in [0.5, 0.6) is 5.75 Å². The molecule has 0 atom stereocenters. The molecule has 0 aromatic carbocycles. The minimum atomic E-state index is -1.05. The van der Waals surface area contributed by atoms with Gasteiger partial charge in [0.2, 0.25) is 5.75 Å². The lowest BCUT2D eigenvalue weighted by Gasteiger charge is -2.37. The molecule has 1 aliphatic carbocycles. The highest BCUT2D eigenvalue weighted by Gasteiger charge is 2.46. The maximum absolute atomic E-state index is 12.9. The average Bonchev–Trinajstić information content (AvgIpc) is 2.94. The summed E-state index contributed by atoms with van der Waals surface area (Å²) >= 11 is 0. The Morgan fingerprint density at radius 3 is 2.47 bits per heavy atom. The monoisotopic (exact) mass is 419 g/mol. The number of nitrogens with one attached hydrogen (secondary N) is 2. The number of fused-ring (bicyclic) bond motifs is 2. The Morgan fingerprint density at radius 1 is 1.27 bits per heavy atom. The van der Waals surface area contributed by atoms with Crippen LogP contribution in [0.15, 0.2) is 4.79 Å². The van der Waals surface area contributed by atoms with Crippen LogP contribution in [-0.4, -0.2) is 57.9 Å². The molecule has 2 aliphatic heterocycles. The van der Waals surface area contributed by atoms with Crippen LogP contribution in [0.25, 0.3) is 0 Å². The highest BCUT2D eigenvalue weighted by Crippen LogP contribution is 2.42. The first kappa shape index (κ1) is 21.8. The van der Waals surface area contributed by atoms with E-state index in [1.165, 1.54) is 23.6 Å². The van der Waals surface area contributed by atoms with Crippen molar-refractivity contribution in [3.8, 4) is 5.75 Å². The number of carbonyl (C=O) groups excluding carboxylic acids is 3. The zero-order valence-corrected chi connectivity index (χ0v) is 17.8. The zero-order valence-electron chi connectivity index (χ0n) is 17.8. The molecule has 30 heavy (non-hydrogen) atoms. The molecule has 0 unspecified atom stereocenters. The molecule has 3 amide bonds. The first-order chi connectivity index (χ1) is 14.1. The summed E-state index contributed by atoms with van der Waals surface area (Å²) in [5.74, 6) is -2.26. The lowest BCUT2D eigenvalue weighted by Crippen LogP contribution is -2.53. The number of aromatic nitrogens is 2. The van der Waals surface area contributed by atoms with Crippen molar-refractivity contribution in [2.75, 3.05) is 20.6 Å². The normalized spacial score (nSPS) is 22.2. The van der Waals surface area contributed by atoms with E-state index in [0.717, 1.165) is 12.8 Å². The summed E-state index contributed by atoms with van der Waals surface area (Å²) in [4.78, 5) is 55.8. The Bertz CT molecular complexity index is 928. The van der Waals surface area contributed by atoms with Crippen LogP contribution in [0.2, 0.25) is 0 Å². The van der Waals surface area contributed by atoms with E-state index >= 15 is 0 Å². The summed E-state index contributed by atoms with van der Waals surface area (Å²) in [5.41, 5.74) is -2.11. The van der Waals surface area contributed by atoms with Crippen LogP contribution >= 0.6 is 0 Å². The van der Waals surface area contributed by atoms with Crippen molar-refractivity contribution in [2.24, 2.45) is 11.8 Å². The maximum atomic E-state index is 12.9. The lowest BCUT2D eigenvalue weighted by molar-refractivity contribution is -0.145. The second-order valence-electron chi connectivity index (χ2n) is 8.83. The first-order valence-electron chi connectivity index (χ1n) is 10.2. The largest absolute Gasteiger partial charge is 0.501 e. The summed E-state index contributed by atoms with van der Waals surface area (Å²) in [5, 5.41) is 15.9. The van der Waals surface area contributed by atoms with Crippen LogP contribution in [0.3, 0.4) is 0 Å². The molecular weight excluding hydrogens is 390 g/mol. The molecule has 3 heterocycles. The van der Waals surface area contributed by atoms with Crippen molar-refractivity contribution in [3.63, 3.8) is 0 Å². The van der Waals surface area contributed by atoms with Gasteiger partial charge in [0.05, 0.1) is 5.54 Å². The quantitative estimate of drug-likeness (QED) is 0.586.